The quantitative estimate of drug-likeness (QED) is 0.704. The fraction of sp³-hybridized carbons (Fsp3) is 0.750. The van der Waals surface area contributed by atoms with Gasteiger partial charge in [0.1, 0.15) is 0 Å². The van der Waals surface area contributed by atoms with Crippen molar-refractivity contribution in [1.29, 1.82) is 0 Å². The van der Waals surface area contributed by atoms with Crippen molar-refractivity contribution in [3.05, 3.63) is 17.5 Å². The number of nitrogens with zero attached hydrogens (tertiary/aromatic N) is 3. The van der Waals surface area contributed by atoms with Crippen LogP contribution in [0.15, 0.2) is 6.20 Å². The molecule has 21 heavy (non-hydrogen) atoms. The van der Waals surface area contributed by atoms with Gasteiger partial charge in [0.25, 0.3) is 0 Å². The van der Waals surface area contributed by atoms with Gasteiger partial charge in [-0.15, -0.1) is 0 Å². The molecule has 0 radical (unpaired) electrons. The normalized spacial score (nSPS) is 18.0. The van der Waals surface area contributed by atoms with E-state index in [4.69, 9.17) is 4.74 Å². The molecule has 2 aliphatic rings. The molecular formula is C16H26N4O. The van der Waals surface area contributed by atoms with Crippen LogP contribution in [0, 0.1) is 12.8 Å². The predicted molar refractivity (Wildman–Crippen MR) is 83.4 cm³/mol. The summed E-state index contributed by atoms with van der Waals surface area (Å²) in [6.07, 6.45) is 7.25. The Morgan fingerprint density at radius 3 is 2.81 bits per heavy atom. The highest BCUT2D eigenvalue weighted by Crippen LogP contribution is 2.28. The summed E-state index contributed by atoms with van der Waals surface area (Å²) in [5.41, 5.74) is 2.27. The summed E-state index contributed by atoms with van der Waals surface area (Å²) in [6, 6.07) is 0.718. The molecule has 2 fully saturated rings. The second kappa shape index (κ2) is 6.71. The van der Waals surface area contributed by atoms with E-state index >= 15 is 0 Å². The summed E-state index contributed by atoms with van der Waals surface area (Å²) in [4.78, 5) is 11.2. The number of anilines is 1. The van der Waals surface area contributed by atoms with Crippen molar-refractivity contribution >= 4 is 5.95 Å². The monoisotopic (exact) mass is 290 g/mol. The number of hydrogen-bond donors (Lipinski definition) is 1. The van der Waals surface area contributed by atoms with Gasteiger partial charge in [0.2, 0.25) is 5.95 Å². The molecule has 0 bridgehead atoms. The molecule has 0 unspecified atom stereocenters. The third-order valence-electron chi connectivity index (χ3n) is 4.19. The number of ether oxygens (including phenoxy) is 1. The highest BCUT2D eigenvalue weighted by atomic mass is 16.5. The number of likely N-dealkylation sites (N-methyl/N-ethyl adjacent to an activating group) is 1. The Labute approximate surface area is 127 Å². The van der Waals surface area contributed by atoms with Crippen LogP contribution in [-0.4, -0.2) is 42.8 Å². The van der Waals surface area contributed by atoms with Gasteiger partial charge in [-0.2, -0.15) is 0 Å². The largest absolute Gasteiger partial charge is 0.379 e. The maximum atomic E-state index is 5.67. The lowest BCUT2D eigenvalue weighted by molar-refractivity contribution is 0.130. The lowest BCUT2D eigenvalue weighted by Crippen LogP contribution is -2.25. The van der Waals surface area contributed by atoms with Crippen LogP contribution in [0.5, 0.6) is 0 Å². The van der Waals surface area contributed by atoms with E-state index < -0.39 is 0 Å². The number of rotatable bonds is 9. The van der Waals surface area contributed by atoms with Crippen molar-refractivity contribution in [3.63, 3.8) is 0 Å². The third kappa shape index (κ3) is 4.64. The zero-order valence-corrected chi connectivity index (χ0v) is 13.1. The Balaban J connectivity index is 1.45. The Hall–Kier alpha value is -1.20. The number of aromatic nitrogens is 2. The molecule has 1 aromatic heterocycles. The lowest BCUT2D eigenvalue weighted by Gasteiger charge is -2.18. The van der Waals surface area contributed by atoms with Crippen LogP contribution in [0.4, 0.5) is 5.95 Å². The van der Waals surface area contributed by atoms with Crippen molar-refractivity contribution in [2.45, 2.75) is 45.2 Å². The molecule has 1 heterocycles. The minimum absolute atomic E-state index is 0.718. The number of nitrogens with one attached hydrogen (secondary N) is 1. The zero-order chi connectivity index (χ0) is 14.7. The summed E-state index contributed by atoms with van der Waals surface area (Å²) >= 11 is 0. The van der Waals surface area contributed by atoms with E-state index in [0.29, 0.717) is 0 Å². The Bertz CT molecular complexity index is 471. The number of hydrogen-bond acceptors (Lipinski definition) is 5. The van der Waals surface area contributed by atoms with Gasteiger partial charge < -0.3 is 15.0 Å². The molecule has 5 nitrogen and oxygen atoms in total. The summed E-state index contributed by atoms with van der Waals surface area (Å²) < 4.78 is 5.67. The van der Waals surface area contributed by atoms with Crippen LogP contribution < -0.4 is 10.2 Å². The van der Waals surface area contributed by atoms with Crippen LogP contribution in [0.25, 0.3) is 0 Å². The molecule has 2 saturated carbocycles. The van der Waals surface area contributed by atoms with Crippen molar-refractivity contribution in [1.82, 2.24) is 15.3 Å². The Morgan fingerprint density at radius 2 is 2.14 bits per heavy atom. The van der Waals surface area contributed by atoms with Crippen molar-refractivity contribution in [3.8, 4) is 0 Å². The predicted octanol–water partition coefficient (Wildman–Crippen LogP) is 1.90. The van der Waals surface area contributed by atoms with E-state index in [0.717, 1.165) is 49.9 Å². The molecule has 0 aromatic carbocycles. The third-order valence-corrected chi connectivity index (χ3v) is 4.19. The minimum atomic E-state index is 0.718. The molecule has 5 heteroatoms. The van der Waals surface area contributed by atoms with E-state index in [1.54, 1.807) is 0 Å². The fourth-order valence-electron chi connectivity index (χ4n) is 2.21. The van der Waals surface area contributed by atoms with E-state index in [-0.39, 0.29) is 0 Å². The van der Waals surface area contributed by atoms with Gasteiger partial charge in [-0.3, -0.25) is 0 Å². The van der Waals surface area contributed by atoms with Gasteiger partial charge in [-0.05, 0) is 38.5 Å². The first-order chi connectivity index (χ1) is 10.2. The maximum absolute atomic E-state index is 5.67. The van der Waals surface area contributed by atoms with Crippen LogP contribution in [0.2, 0.25) is 0 Å². The fourth-order valence-corrected chi connectivity index (χ4v) is 2.21. The molecule has 3 rings (SSSR count). The van der Waals surface area contributed by atoms with Crippen LogP contribution >= 0.6 is 0 Å². The summed E-state index contributed by atoms with van der Waals surface area (Å²) in [6.45, 7) is 5.45. The van der Waals surface area contributed by atoms with Gasteiger partial charge >= 0.3 is 0 Å². The molecule has 1 aromatic rings. The van der Waals surface area contributed by atoms with Gasteiger partial charge in [-0.25, -0.2) is 9.97 Å². The first-order valence-electron chi connectivity index (χ1n) is 8.07. The van der Waals surface area contributed by atoms with Crippen molar-refractivity contribution < 1.29 is 4.74 Å². The lowest BCUT2D eigenvalue weighted by atomic mass is 10.2. The standard InChI is InChI=1S/C16H26N4O/c1-12-14(9-17-15-5-6-15)10-18-16(19-12)20(2)7-8-21-11-13-3-4-13/h10,13,15,17H,3-9,11H2,1-2H3. The SMILES string of the molecule is Cc1nc(N(C)CCOCC2CC2)ncc1CNC1CC1. The van der Waals surface area contributed by atoms with Crippen molar-refractivity contribution in [2.24, 2.45) is 5.92 Å². The number of aryl methyl sites for hydroxylation is 1. The van der Waals surface area contributed by atoms with E-state index in [1.807, 2.05) is 13.2 Å². The highest BCUT2D eigenvalue weighted by molar-refractivity contribution is 5.31. The first-order valence-corrected chi connectivity index (χ1v) is 8.07. The molecule has 0 aliphatic heterocycles. The van der Waals surface area contributed by atoms with Gasteiger partial charge in [0, 0.05) is 50.2 Å². The minimum Gasteiger partial charge on any atom is -0.379 e. The van der Waals surface area contributed by atoms with E-state index in [1.165, 1.54) is 31.2 Å². The van der Waals surface area contributed by atoms with Crippen molar-refractivity contribution in [2.75, 3.05) is 31.7 Å². The molecule has 0 amide bonds. The average Bonchev–Trinajstić information content (AvgIpc) is 3.36. The molecule has 0 saturated heterocycles. The van der Waals surface area contributed by atoms with Crippen LogP contribution in [-0.2, 0) is 11.3 Å². The average molecular weight is 290 g/mol. The van der Waals surface area contributed by atoms with Gasteiger partial charge in [-0.1, -0.05) is 0 Å². The summed E-state index contributed by atoms with van der Waals surface area (Å²) in [5.74, 6) is 1.62. The van der Waals surface area contributed by atoms with Crippen LogP contribution in [0.1, 0.15) is 36.9 Å². The molecule has 2 aliphatic carbocycles. The first kappa shape index (κ1) is 14.7. The van der Waals surface area contributed by atoms with Crippen LogP contribution in [0.3, 0.4) is 0 Å². The zero-order valence-electron chi connectivity index (χ0n) is 13.1. The smallest absolute Gasteiger partial charge is 0.225 e. The second-order valence-corrected chi connectivity index (χ2v) is 6.38. The van der Waals surface area contributed by atoms with E-state index in [9.17, 15) is 0 Å². The van der Waals surface area contributed by atoms with E-state index in [2.05, 4.69) is 27.1 Å². The van der Waals surface area contributed by atoms with Gasteiger partial charge in [0.05, 0.1) is 6.61 Å². The molecule has 116 valence electrons. The maximum Gasteiger partial charge on any atom is 0.225 e. The second-order valence-electron chi connectivity index (χ2n) is 6.38. The summed E-state index contributed by atoms with van der Waals surface area (Å²) in [5, 5.41) is 3.51. The summed E-state index contributed by atoms with van der Waals surface area (Å²) in [7, 11) is 2.03. The Kier molecular flexibility index (Phi) is 4.70. The molecular weight excluding hydrogens is 264 g/mol. The highest BCUT2D eigenvalue weighted by Gasteiger charge is 2.21. The van der Waals surface area contributed by atoms with Gasteiger partial charge in [0.15, 0.2) is 0 Å². The molecule has 0 atom stereocenters. The molecule has 1 N–H and O–H groups in total. The molecule has 0 spiro atoms. The topological polar surface area (TPSA) is 50.3 Å². The Morgan fingerprint density at radius 1 is 1.33 bits per heavy atom.